The summed E-state index contributed by atoms with van der Waals surface area (Å²) < 4.78 is 11.1. The Balaban J connectivity index is 1.48. The van der Waals surface area contributed by atoms with E-state index in [0.29, 0.717) is 18.9 Å². The lowest BCUT2D eigenvalue weighted by Gasteiger charge is -2.31. The third kappa shape index (κ3) is 5.81. The molecule has 2 aliphatic rings. The smallest absolute Gasteiger partial charge is 0.223 e. The lowest BCUT2D eigenvalue weighted by atomic mass is 10.0. The number of aliphatic hydroxyl groups is 1. The molecule has 0 unspecified atom stereocenters. The van der Waals surface area contributed by atoms with Crippen molar-refractivity contribution >= 4 is 11.8 Å². The number of para-hydroxylation sites is 1. The van der Waals surface area contributed by atoms with E-state index < -0.39 is 12.2 Å². The Kier molecular flexibility index (Phi) is 7.06. The number of aliphatic hydroxyl groups excluding tert-OH is 1. The summed E-state index contributed by atoms with van der Waals surface area (Å²) in [5.41, 5.74) is 0.894. The summed E-state index contributed by atoms with van der Waals surface area (Å²) in [6.45, 7) is 0.139. The zero-order valence-electron chi connectivity index (χ0n) is 16.1. The minimum absolute atomic E-state index is 0.0211. The van der Waals surface area contributed by atoms with Crippen molar-refractivity contribution in [2.75, 3.05) is 13.7 Å². The summed E-state index contributed by atoms with van der Waals surface area (Å²) in [5, 5.41) is 15.4. The Morgan fingerprint density at radius 3 is 2.68 bits per heavy atom. The predicted molar refractivity (Wildman–Crippen MR) is 104 cm³/mol. The Morgan fingerprint density at radius 1 is 1.18 bits per heavy atom. The molecule has 2 amide bonds. The molecule has 1 heterocycles. The van der Waals surface area contributed by atoms with Crippen molar-refractivity contribution in [2.24, 2.45) is 5.92 Å². The number of amides is 2. The molecule has 1 aliphatic heterocycles. The number of benzene rings is 1. The SMILES string of the molecule is COc1ccccc1CNC(=O)C[C@@H]1C=C[C@@H](NC(=O)CC2CC2)[C@H](CO)O1. The Morgan fingerprint density at radius 2 is 1.96 bits per heavy atom. The van der Waals surface area contributed by atoms with Crippen LogP contribution in [0.4, 0.5) is 0 Å². The number of rotatable bonds is 9. The van der Waals surface area contributed by atoms with Crippen LogP contribution in [0.1, 0.15) is 31.2 Å². The Bertz CT molecular complexity index is 717. The van der Waals surface area contributed by atoms with Gasteiger partial charge in [-0.1, -0.05) is 30.4 Å². The maximum absolute atomic E-state index is 12.3. The average Bonchev–Trinajstić information content (AvgIpc) is 3.51. The van der Waals surface area contributed by atoms with E-state index >= 15 is 0 Å². The molecule has 3 rings (SSSR count). The molecule has 0 radical (unpaired) electrons. The largest absolute Gasteiger partial charge is 0.496 e. The summed E-state index contributed by atoms with van der Waals surface area (Å²) in [6.07, 6.45) is 5.48. The monoisotopic (exact) mass is 388 g/mol. The molecule has 1 aromatic rings. The van der Waals surface area contributed by atoms with E-state index in [2.05, 4.69) is 10.6 Å². The van der Waals surface area contributed by atoms with Crippen LogP contribution in [0, 0.1) is 5.92 Å². The van der Waals surface area contributed by atoms with Gasteiger partial charge in [-0.15, -0.1) is 0 Å². The van der Waals surface area contributed by atoms with Gasteiger partial charge < -0.3 is 25.2 Å². The van der Waals surface area contributed by atoms with Gasteiger partial charge in [0.25, 0.3) is 0 Å². The number of carbonyl (C=O) groups excluding carboxylic acids is 2. The molecule has 0 aromatic heterocycles. The van der Waals surface area contributed by atoms with Gasteiger partial charge in [0.2, 0.25) is 11.8 Å². The van der Waals surface area contributed by atoms with Gasteiger partial charge in [-0.25, -0.2) is 0 Å². The van der Waals surface area contributed by atoms with Crippen LogP contribution in [0.5, 0.6) is 5.75 Å². The van der Waals surface area contributed by atoms with Crippen LogP contribution in [0.25, 0.3) is 0 Å². The van der Waals surface area contributed by atoms with Gasteiger partial charge in [0.1, 0.15) is 11.9 Å². The highest BCUT2D eigenvalue weighted by molar-refractivity contribution is 5.77. The van der Waals surface area contributed by atoms with Gasteiger partial charge in [-0.3, -0.25) is 9.59 Å². The molecule has 1 fully saturated rings. The molecule has 28 heavy (non-hydrogen) atoms. The minimum atomic E-state index is -0.555. The Labute approximate surface area is 165 Å². The normalized spacial score (nSPS) is 23.9. The fourth-order valence-electron chi connectivity index (χ4n) is 3.26. The number of methoxy groups -OCH3 is 1. The zero-order valence-corrected chi connectivity index (χ0v) is 16.1. The summed E-state index contributed by atoms with van der Waals surface area (Å²) in [7, 11) is 1.59. The highest BCUT2D eigenvalue weighted by Crippen LogP contribution is 2.32. The average molecular weight is 388 g/mol. The number of nitrogens with one attached hydrogen (secondary N) is 2. The first-order chi connectivity index (χ1) is 13.6. The second-order valence-corrected chi connectivity index (χ2v) is 7.31. The minimum Gasteiger partial charge on any atom is -0.496 e. The molecule has 3 atom stereocenters. The lowest BCUT2D eigenvalue weighted by molar-refractivity contribution is -0.128. The third-order valence-electron chi connectivity index (χ3n) is 5.02. The second-order valence-electron chi connectivity index (χ2n) is 7.31. The van der Waals surface area contributed by atoms with Gasteiger partial charge in [0.05, 0.1) is 32.3 Å². The van der Waals surface area contributed by atoms with Gasteiger partial charge in [0.15, 0.2) is 0 Å². The highest BCUT2D eigenvalue weighted by atomic mass is 16.5. The molecular formula is C21H28N2O5. The van der Waals surface area contributed by atoms with Gasteiger partial charge in [-0.2, -0.15) is 0 Å². The predicted octanol–water partition coefficient (Wildman–Crippen LogP) is 1.30. The molecule has 152 valence electrons. The molecule has 0 bridgehead atoms. The van der Waals surface area contributed by atoms with Crippen molar-refractivity contribution in [3.8, 4) is 5.75 Å². The fourth-order valence-corrected chi connectivity index (χ4v) is 3.26. The molecule has 0 spiro atoms. The first kappa shape index (κ1) is 20.4. The summed E-state index contributed by atoms with van der Waals surface area (Å²) in [4.78, 5) is 24.3. The third-order valence-corrected chi connectivity index (χ3v) is 5.02. The molecule has 7 heteroatoms. The summed E-state index contributed by atoms with van der Waals surface area (Å²) in [6, 6.07) is 7.13. The molecule has 1 saturated carbocycles. The van der Waals surface area contributed by atoms with Crippen LogP contribution in [0.15, 0.2) is 36.4 Å². The van der Waals surface area contributed by atoms with Gasteiger partial charge in [-0.05, 0) is 24.8 Å². The number of ether oxygens (including phenoxy) is 2. The molecule has 3 N–H and O–H groups in total. The van der Waals surface area contributed by atoms with E-state index in [1.807, 2.05) is 30.3 Å². The quantitative estimate of drug-likeness (QED) is 0.554. The first-order valence-electron chi connectivity index (χ1n) is 9.71. The maximum atomic E-state index is 12.3. The van der Waals surface area contributed by atoms with E-state index in [9.17, 15) is 14.7 Å². The topological polar surface area (TPSA) is 96.9 Å². The van der Waals surface area contributed by atoms with E-state index in [1.54, 1.807) is 13.2 Å². The van der Waals surface area contributed by atoms with Crippen LogP contribution in [0.2, 0.25) is 0 Å². The summed E-state index contributed by atoms with van der Waals surface area (Å²) in [5.74, 6) is 1.04. The molecular weight excluding hydrogens is 360 g/mol. The van der Waals surface area contributed by atoms with Gasteiger partial charge in [0, 0.05) is 18.5 Å². The van der Waals surface area contributed by atoms with Gasteiger partial charge >= 0.3 is 0 Å². The first-order valence-corrected chi connectivity index (χ1v) is 9.71. The number of hydrogen-bond acceptors (Lipinski definition) is 5. The van der Waals surface area contributed by atoms with Crippen LogP contribution < -0.4 is 15.4 Å². The van der Waals surface area contributed by atoms with Crippen LogP contribution >= 0.6 is 0 Å². The fraction of sp³-hybridized carbons (Fsp3) is 0.524. The van der Waals surface area contributed by atoms with Crippen molar-refractivity contribution in [1.29, 1.82) is 0 Å². The van der Waals surface area contributed by atoms with Crippen molar-refractivity contribution in [1.82, 2.24) is 10.6 Å². The van der Waals surface area contributed by atoms with E-state index in [4.69, 9.17) is 9.47 Å². The zero-order chi connectivity index (χ0) is 19.9. The van der Waals surface area contributed by atoms with Crippen molar-refractivity contribution < 1.29 is 24.2 Å². The number of carbonyl (C=O) groups is 2. The van der Waals surface area contributed by atoms with E-state index in [-0.39, 0.29) is 30.9 Å². The lowest BCUT2D eigenvalue weighted by Crippen LogP contribution is -2.49. The molecule has 7 nitrogen and oxygen atoms in total. The van der Waals surface area contributed by atoms with Crippen LogP contribution in [-0.2, 0) is 20.9 Å². The van der Waals surface area contributed by atoms with E-state index in [1.165, 1.54) is 0 Å². The van der Waals surface area contributed by atoms with E-state index in [0.717, 1.165) is 24.2 Å². The molecule has 1 aliphatic carbocycles. The molecule has 1 aromatic carbocycles. The van der Waals surface area contributed by atoms with Crippen LogP contribution in [-0.4, -0.2) is 48.9 Å². The van der Waals surface area contributed by atoms with Crippen molar-refractivity contribution in [3.05, 3.63) is 42.0 Å². The number of hydrogen-bond donors (Lipinski definition) is 3. The standard InChI is InChI=1S/C21H28N2O5/c1-27-18-5-3-2-4-15(18)12-22-20(25)11-16-8-9-17(19(13-24)28-16)23-21(26)10-14-6-7-14/h2-5,8-9,14,16-17,19,24H,6-7,10-13H2,1H3,(H,22,25)(H,23,26)/t16-,17+,19-/m0/s1. The molecule has 0 saturated heterocycles. The van der Waals surface area contributed by atoms with Crippen LogP contribution in [0.3, 0.4) is 0 Å². The second kappa shape index (κ2) is 9.71. The highest BCUT2D eigenvalue weighted by Gasteiger charge is 2.31. The Hall–Kier alpha value is -2.38. The summed E-state index contributed by atoms with van der Waals surface area (Å²) >= 11 is 0. The van der Waals surface area contributed by atoms with Crippen molar-refractivity contribution in [3.63, 3.8) is 0 Å². The maximum Gasteiger partial charge on any atom is 0.223 e. The van der Waals surface area contributed by atoms with Crippen molar-refractivity contribution in [2.45, 2.75) is 50.5 Å².